The zero-order valence-electron chi connectivity index (χ0n) is 10.5. The fourth-order valence-corrected chi connectivity index (χ4v) is 1.46. The Kier molecular flexibility index (Phi) is 6.07. The zero-order valence-corrected chi connectivity index (χ0v) is 10.5. The van der Waals surface area contributed by atoms with Gasteiger partial charge in [0.2, 0.25) is 0 Å². The highest BCUT2D eigenvalue weighted by Gasteiger charge is 1.96. The molecule has 0 amide bonds. The monoisotopic (exact) mass is 237 g/mol. The molecule has 0 atom stereocenters. The molecule has 4 heteroatoms. The van der Waals surface area contributed by atoms with Crippen LogP contribution in [-0.2, 0) is 6.42 Å². The maximum Gasteiger partial charge on any atom is 0.191 e. The largest absolute Gasteiger partial charge is 0.357 e. The maximum absolute atomic E-state index is 12.7. The highest BCUT2D eigenvalue weighted by molar-refractivity contribution is 5.79. The van der Waals surface area contributed by atoms with Crippen LogP contribution in [0.3, 0.4) is 0 Å². The first kappa shape index (κ1) is 13.5. The Balaban J connectivity index is 2.43. The zero-order chi connectivity index (χ0) is 12.5. The highest BCUT2D eigenvalue weighted by atomic mass is 19.1. The topological polar surface area (TPSA) is 36.4 Å². The molecule has 94 valence electrons. The number of aliphatic imine (C=N–C) groups is 1. The van der Waals surface area contributed by atoms with Gasteiger partial charge in [-0.3, -0.25) is 4.99 Å². The molecule has 0 bridgehead atoms. The van der Waals surface area contributed by atoms with E-state index in [1.165, 1.54) is 12.1 Å². The molecule has 0 heterocycles. The van der Waals surface area contributed by atoms with Crippen LogP contribution in [0, 0.1) is 5.82 Å². The van der Waals surface area contributed by atoms with Crippen molar-refractivity contribution < 1.29 is 4.39 Å². The average molecular weight is 237 g/mol. The summed E-state index contributed by atoms with van der Waals surface area (Å²) in [6.07, 6.45) is 0.820. The van der Waals surface area contributed by atoms with Gasteiger partial charge < -0.3 is 10.6 Å². The van der Waals surface area contributed by atoms with E-state index >= 15 is 0 Å². The van der Waals surface area contributed by atoms with Gasteiger partial charge in [-0.2, -0.15) is 0 Å². The number of halogens is 1. The second kappa shape index (κ2) is 7.65. The first-order valence-electron chi connectivity index (χ1n) is 6.03. The standard InChI is InChI=1S/C13H20FN3/c1-3-15-13(16-4-2)17-10-9-11-5-7-12(14)8-6-11/h5-8H,3-4,9-10H2,1-2H3,(H2,15,16,17). The lowest BCUT2D eigenvalue weighted by Crippen LogP contribution is -2.37. The quantitative estimate of drug-likeness (QED) is 0.606. The Hall–Kier alpha value is -1.58. The van der Waals surface area contributed by atoms with Gasteiger partial charge in [0, 0.05) is 19.6 Å². The lowest BCUT2D eigenvalue weighted by molar-refractivity contribution is 0.627. The van der Waals surface area contributed by atoms with Crippen LogP contribution in [0.1, 0.15) is 19.4 Å². The highest BCUT2D eigenvalue weighted by Crippen LogP contribution is 2.03. The smallest absolute Gasteiger partial charge is 0.191 e. The van der Waals surface area contributed by atoms with Crippen molar-refractivity contribution in [2.24, 2.45) is 4.99 Å². The Bertz CT molecular complexity index is 338. The summed E-state index contributed by atoms with van der Waals surface area (Å²) in [7, 11) is 0. The summed E-state index contributed by atoms with van der Waals surface area (Å²) in [5, 5.41) is 6.32. The third-order valence-electron chi connectivity index (χ3n) is 2.27. The van der Waals surface area contributed by atoms with Crippen LogP contribution in [0.25, 0.3) is 0 Å². The minimum atomic E-state index is -0.196. The number of benzene rings is 1. The van der Waals surface area contributed by atoms with Gasteiger partial charge in [0.15, 0.2) is 5.96 Å². The molecule has 0 aliphatic rings. The van der Waals surface area contributed by atoms with Crippen molar-refractivity contribution >= 4 is 5.96 Å². The lowest BCUT2D eigenvalue weighted by atomic mass is 10.1. The summed E-state index contributed by atoms with van der Waals surface area (Å²) in [6.45, 7) is 6.46. The first-order valence-corrected chi connectivity index (χ1v) is 6.03. The van der Waals surface area contributed by atoms with Crippen LogP contribution in [0.4, 0.5) is 4.39 Å². The second-order valence-electron chi connectivity index (χ2n) is 3.67. The molecular formula is C13H20FN3. The van der Waals surface area contributed by atoms with Gasteiger partial charge >= 0.3 is 0 Å². The molecule has 1 rings (SSSR count). The van der Waals surface area contributed by atoms with E-state index in [9.17, 15) is 4.39 Å². The number of nitrogens with one attached hydrogen (secondary N) is 2. The number of hydrogen-bond donors (Lipinski definition) is 2. The van der Waals surface area contributed by atoms with Gasteiger partial charge in [-0.05, 0) is 38.0 Å². The molecule has 17 heavy (non-hydrogen) atoms. The van der Waals surface area contributed by atoms with E-state index in [0.29, 0.717) is 6.54 Å². The summed E-state index contributed by atoms with van der Waals surface area (Å²) in [6, 6.07) is 6.55. The van der Waals surface area contributed by atoms with Gasteiger partial charge in [-0.1, -0.05) is 12.1 Å². The number of nitrogens with zero attached hydrogens (tertiary/aromatic N) is 1. The maximum atomic E-state index is 12.7. The second-order valence-corrected chi connectivity index (χ2v) is 3.67. The normalized spacial score (nSPS) is 9.82. The SMILES string of the molecule is CCNC(=NCCc1ccc(F)cc1)NCC. The summed E-state index contributed by atoms with van der Waals surface area (Å²) in [4.78, 5) is 4.42. The van der Waals surface area contributed by atoms with Crippen LogP contribution in [-0.4, -0.2) is 25.6 Å². The minimum Gasteiger partial charge on any atom is -0.357 e. The fraction of sp³-hybridized carbons (Fsp3) is 0.462. The van der Waals surface area contributed by atoms with Gasteiger partial charge in [0.1, 0.15) is 5.82 Å². The van der Waals surface area contributed by atoms with E-state index in [1.54, 1.807) is 12.1 Å². The third-order valence-corrected chi connectivity index (χ3v) is 2.27. The third kappa shape index (κ3) is 5.33. The Morgan fingerprint density at radius 1 is 1.12 bits per heavy atom. The summed E-state index contributed by atoms with van der Waals surface area (Å²) >= 11 is 0. The molecule has 2 N–H and O–H groups in total. The first-order chi connectivity index (χ1) is 8.26. The predicted octanol–water partition coefficient (Wildman–Crippen LogP) is 1.94. The molecule has 0 saturated heterocycles. The molecule has 0 fully saturated rings. The van der Waals surface area contributed by atoms with E-state index in [0.717, 1.165) is 31.0 Å². The predicted molar refractivity (Wildman–Crippen MR) is 69.8 cm³/mol. The van der Waals surface area contributed by atoms with E-state index in [2.05, 4.69) is 15.6 Å². The van der Waals surface area contributed by atoms with Crippen molar-refractivity contribution in [2.45, 2.75) is 20.3 Å². The minimum absolute atomic E-state index is 0.196. The molecule has 0 radical (unpaired) electrons. The molecule has 3 nitrogen and oxygen atoms in total. The molecule has 0 spiro atoms. The van der Waals surface area contributed by atoms with Gasteiger partial charge in [0.05, 0.1) is 0 Å². The summed E-state index contributed by atoms with van der Waals surface area (Å²) in [5.41, 5.74) is 1.10. The Labute approximate surface area is 102 Å². The van der Waals surface area contributed by atoms with E-state index in [4.69, 9.17) is 0 Å². The molecule has 0 aliphatic carbocycles. The molecule has 0 saturated carbocycles. The molecule has 0 aromatic heterocycles. The van der Waals surface area contributed by atoms with Crippen LogP contribution in [0.2, 0.25) is 0 Å². The molecular weight excluding hydrogens is 217 g/mol. The van der Waals surface area contributed by atoms with E-state index in [-0.39, 0.29) is 5.82 Å². The van der Waals surface area contributed by atoms with Crippen LogP contribution < -0.4 is 10.6 Å². The average Bonchev–Trinajstić information content (AvgIpc) is 2.32. The Morgan fingerprint density at radius 3 is 2.24 bits per heavy atom. The molecule has 0 aliphatic heterocycles. The number of hydrogen-bond acceptors (Lipinski definition) is 1. The number of guanidine groups is 1. The van der Waals surface area contributed by atoms with Gasteiger partial charge in [-0.25, -0.2) is 4.39 Å². The van der Waals surface area contributed by atoms with E-state index < -0.39 is 0 Å². The summed E-state index contributed by atoms with van der Waals surface area (Å²) < 4.78 is 12.7. The molecule has 1 aromatic carbocycles. The molecule has 0 unspecified atom stereocenters. The van der Waals surface area contributed by atoms with E-state index in [1.807, 2.05) is 13.8 Å². The van der Waals surface area contributed by atoms with Crippen molar-refractivity contribution in [1.82, 2.24) is 10.6 Å². The van der Waals surface area contributed by atoms with Crippen LogP contribution >= 0.6 is 0 Å². The summed E-state index contributed by atoms with van der Waals surface area (Å²) in [5.74, 6) is 0.635. The van der Waals surface area contributed by atoms with Crippen molar-refractivity contribution in [3.63, 3.8) is 0 Å². The molecule has 1 aromatic rings. The van der Waals surface area contributed by atoms with Gasteiger partial charge in [0.25, 0.3) is 0 Å². The van der Waals surface area contributed by atoms with Crippen molar-refractivity contribution in [3.8, 4) is 0 Å². The van der Waals surface area contributed by atoms with Crippen molar-refractivity contribution in [1.29, 1.82) is 0 Å². The number of rotatable bonds is 5. The lowest BCUT2D eigenvalue weighted by Gasteiger charge is -2.08. The van der Waals surface area contributed by atoms with Crippen molar-refractivity contribution in [2.75, 3.05) is 19.6 Å². The van der Waals surface area contributed by atoms with Crippen molar-refractivity contribution in [3.05, 3.63) is 35.6 Å². The van der Waals surface area contributed by atoms with Crippen LogP contribution in [0.15, 0.2) is 29.3 Å². The fourth-order valence-electron chi connectivity index (χ4n) is 1.46. The Morgan fingerprint density at radius 2 is 1.71 bits per heavy atom. The van der Waals surface area contributed by atoms with Gasteiger partial charge in [-0.15, -0.1) is 0 Å². The van der Waals surface area contributed by atoms with Crippen LogP contribution in [0.5, 0.6) is 0 Å².